The average molecular weight is 368 g/mol. The summed E-state index contributed by atoms with van der Waals surface area (Å²) in [7, 11) is 5.60. The van der Waals surface area contributed by atoms with Gasteiger partial charge in [0.15, 0.2) is 0 Å². The molecule has 2 fully saturated rings. The van der Waals surface area contributed by atoms with Crippen molar-refractivity contribution < 1.29 is 9.47 Å². The summed E-state index contributed by atoms with van der Waals surface area (Å²) in [5.74, 6) is 3.17. The maximum atomic E-state index is 6.14. The molecule has 0 radical (unpaired) electrons. The summed E-state index contributed by atoms with van der Waals surface area (Å²) >= 11 is 0. The number of nitrogens with zero attached hydrogens (tertiary/aromatic N) is 4. The van der Waals surface area contributed by atoms with Crippen LogP contribution in [0.5, 0.6) is 11.5 Å². The number of ether oxygens (including phenoxy) is 2. The normalized spacial score (nSPS) is 24.2. The maximum absolute atomic E-state index is 6.14. The smallest absolute Gasteiger partial charge is 0.224 e. The second kappa shape index (κ2) is 7.72. The van der Waals surface area contributed by atoms with E-state index in [1.165, 1.54) is 24.8 Å². The monoisotopic (exact) mass is 368 g/mol. The van der Waals surface area contributed by atoms with Crippen LogP contribution in [0.25, 0.3) is 0 Å². The summed E-state index contributed by atoms with van der Waals surface area (Å²) in [5, 5.41) is 0. The summed E-state index contributed by atoms with van der Waals surface area (Å²) in [6.45, 7) is 1.60. The molecule has 2 aliphatic rings. The first-order valence-corrected chi connectivity index (χ1v) is 9.65. The molecular weight excluding hydrogens is 340 g/mol. The summed E-state index contributed by atoms with van der Waals surface area (Å²) in [4.78, 5) is 13.4. The molecule has 0 unspecified atom stereocenters. The van der Waals surface area contributed by atoms with E-state index >= 15 is 0 Å². The van der Waals surface area contributed by atoms with Gasteiger partial charge in [0, 0.05) is 56.7 Å². The van der Waals surface area contributed by atoms with Crippen LogP contribution in [0.2, 0.25) is 0 Å². The van der Waals surface area contributed by atoms with Gasteiger partial charge >= 0.3 is 0 Å². The Morgan fingerprint density at radius 2 is 1.93 bits per heavy atom. The third-order valence-electron chi connectivity index (χ3n) is 5.80. The summed E-state index contributed by atoms with van der Waals surface area (Å²) < 4.78 is 11.4. The fraction of sp³-hybridized carbons (Fsp3) is 0.524. The Hall–Kier alpha value is -2.34. The van der Waals surface area contributed by atoms with Gasteiger partial charge in [0.2, 0.25) is 5.95 Å². The third-order valence-corrected chi connectivity index (χ3v) is 5.80. The van der Waals surface area contributed by atoms with Crippen molar-refractivity contribution >= 4 is 5.95 Å². The van der Waals surface area contributed by atoms with E-state index in [-0.39, 0.29) is 0 Å². The van der Waals surface area contributed by atoms with Crippen molar-refractivity contribution in [1.82, 2.24) is 14.9 Å². The predicted molar refractivity (Wildman–Crippen MR) is 105 cm³/mol. The van der Waals surface area contributed by atoms with Gasteiger partial charge in [-0.2, -0.15) is 0 Å². The molecule has 6 heteroatoms. The van der Waals surface area contributed by atoms with E-state index in [0.29, 0.717) is 18.7 Å². The Morgan fingerprint density at radius 1 is 1.15 bits per heavy atom. The highest BCUT2D eigenvalue weighted by Crippen LogP contribution is 2.43. The molecule has 1 aliphatic heterocycles. The zero-order chi connectivity index (χ0) is 18.8. The van der Waals surface area contributed by atoms with E-state index in [9.17, 15) is 0 Å². The molecule has 27 heavy (non-hydrogen) atoms. The number of methoxy groups -OCH3 is 1. The minimum Gasteiger partial charge on any atom is -0.497 e. The Kier molecular flexibility index (Phi) is 5.16. The summed E-state index contributed by atoms with van der Waals surface area (Å²) in [5.41, 5.74) is 1.17. The quantitative estimate of drug-likeness (QED) is 0.749. The molecule has 3 atom stereocenters. The van der Waals surface area contributed by atoms with Crippen LogP contribution in [0.15, 0.2) is 36.7 Å². The zero-order valence-electron chi connectivity index (χ0n) is 16.3. The summed E-state index contributed by atoms with van der Waals surface area (Å²) in [6, 6.07) is 8.95. The van der Waals surface area contributed by atoms with Crippen LogP contribution in [-0.2, 0) is 6.54 Å². The lowest BCUT2D eigenvalue weighted by molar-refractivity contribution is 0.0865. The number of piperidine rings is 1. The molecule has 1 aliphatic carbocycles. The molecule has 1 saturated heterocycles. The molecule has 1 saturated carbocycles. The molecule has 144 valence electrons. The number of hydrogen-bond acceptors (Lipinski definition) is 6. The molecule has 2 heterocycles. The molecule has 4 rings (SSSR count). The van der Waals surface area contributed by atoms with Crippen LogP contribution in [-0.4, -0.2) is 54.8 Å². The van der Waals surface area contributed by atoms with Crippen LogP contribution in [0.4, 0.5) is 5.95 Å². The fourth-order valence-corrected chi connectivity index (χ4v) is 4.41. The van der Waals surface area contributed by atoms with Gasteiger partial charge in [0.25, 0.3) is 0 Å². The van der Waals surface area contributed by atoms with Crippen LogP contribution >= 0.6 is 0 Å². The van der Waals surface area contributed by atoms with E-state index in [1.54, 1.807) is 7.11 Å². The number of fused-ring (bicyclic) bond motifs is 2. The van der Waals surface area contributed by atoms with E-state index in [2.05, 4.69) is 14.9 Å². The highest BCUT2D eigenvalue weighted by atomic mass is 16.5. The standard InChI is InChI=1S/C21H28N4O2/c1-24(2)21-22-11-15(12-23-21)13-25-17-8-7-16(9-17)20(25)14-27-19-6-4-5-18(10-19)26-3/h4-6,10-12,16-17,20H,7-9,13-14H2,1-3H3/t16-,17-,20+/m0/s1. The molecule has 1 aromatic carbocycles. The second-order valence-corrected chi connectivity index (χ2v) is 7.74. The highest BCUT2D eigenvalue weighted by molar-refractivity contribution is 5.33. The third kappa shape index (κ3) is 3.86. The largest absolute Gasteiger partial charge is 0.497 e. The number of anilines is 1. The Bertz CT molecular complexity index is 765. The van der Waals surface area contributed by atoms with E-state index < -0.39 is 0 Å². The topological polar surface area (TPSA) is 50.7 Å². The van der Waals surface area contributed by atoms with Crippen LogP contribution in [0.1, 0.15) is 24.8 Å². The maximum Gasteiger partial charge on any atom is 0.224 e. The molecule has 2 bridgehead atoms. The number of benzene rings is 1. The van der Waals surface area contributed by atoms with Crippen molar-refractivity contribution in [3.8, 4) is 11.5 Å². The minimum absolute atomic E-state index is 0.448. The van der Waals surface area contributed by atoms with Gasteiger partial charge < -0.3 is 14.4 Å². The number of aromatic nitrogens is 2. The molecule has 0 N–H and O–H groups in total. The van der Waals surface area contributed by atoms with Crippen molar-refractivity contribution in [3.05, 3.63) is 42.2 Å². The molecule has 0 spiro atoms. The van der Waals surface area contributed by atoms with E-state index in [1.807, 2.05) is 55.7 Å². The lowest BCUT2D eigenvalue weighted by Gasteiger charge is -2.35. The Labute approximate surface area is 161 Å². The first-order valence-electron chi connectivity index (χ1n) is 9.65. The predicted octanol–water partition coefficient (Wildman–Crippen LogP) is 2.98. The Balaban J connectivity index is 1.43. The second-order valence-electron chi connectivity index (χ2n) is 7.74. The number of likely N-dealkylation sites (tertiary alicyclic amines) is 1. The lowest BCUT2D eigenvalue weighted by Crippen LogP contribution is -2.43. The fourth-order valence-electron chi connectivity index (χ4n) is 4.41. The van der Waals surface area contributed by atoms with Crippen molar-refractivity contribution in [2.45, 2.75) is 37.9 Å². The van der Waals surface area contributed by atoms with Crippen LogP contribution in [0.3, 0.4) is 0 Å². The minimum atomic E-state index is 0.448. The van der Waals surface area contributed by atoms with Crippen LogP contribution < -0.4 is 14.4 Å². The van der Waals surface area contributed by atoms with Gasteiger partial charge in [-0.15, -0.1) is 0 Å². The molecule has 0 amide bonds. The van der Waals surface area contributed by atoms with Gasteiger partial charge in [-0.25, -0.2) is 9.97 Å². The van der Waals surface area contributed by atoms with Gasteiger partial charge in [-0.05, 0) is 37.3 Å². The van der Waals surface area contributed by atoms with E-state index in [0.717, 1.165) is 29.9 Å². The number of rotatable bonds is 7. The first-order chi connectivity index (χ1) is 13.1. The van der Waals surface area contributed by atoms with Gasteiger partial charge in [0.05, 0.1) is 7.11 Å². The SMILES string of the molecule is COc1cccc(OC[C@@H]2[C@H]3CC[C@@H](C3)N2Cc2cnc(N(C)C)nc2)c1. The highest BCUT2D eigenvalue weighted by Gasteiger charge is 2.45. The molecule has 1 aromatic heterocycles. The first kappa shape index (κ1) is 18.0. The van der Waals surface area contributed by atoms with Crippen molar-refractivity contribution in [1.29, 1.82) is 0 Å². The average Bonchev–Trinajstić information content (AvgIpc) is 3.29. The van der Waals surface area contributed by atoms with Crippen molar-refractivity contribution in [2.75, 3.05) is 32.7 Å². The van der Waals surface area contributed by atoms with Crippen molar-refractivity contribution in [2.24, 2.45) is 5.92 Å². The van der Waals surface area contributed by atoms with Gasteiger partial charge in [-0.1, -0.05) is 6.07 Å². The molecule has 2 aromatic rings. The summed E-state index contributed by atoms with van der Waals surface area (Å²) in [6.07, 6.45) is 7.78. The zero-order valence-corrected chi connectivity index (χ0v) is 16.3. The van der Waals surface area contributed by atoms with Crippen LogP contribution in [0, 0.1) is 5.92 Å². The molecular formula is C21H28N4O2. The van der Waals surface area contributed by atoms with Gasteiger partial charge in [0.1, 0.15) is 18.1 Å². The Morgan fingerprint density at radius 3 is 2.67 bits per heavy atom. The lowest BCUT2D eigenvalue weighted by atomic mass is 9.99. The van der Waals surface area contributed by atoms with Crippen molar-refractivity contribution in [3.63, 3.8) is 0 Å². The van der Waals surface area contributed by atoms with Gasteiger partial charge in [-0.3, -0.25) is 4.90 Å². The van der Waals surface area contributed by atoms with E-state index in [4.69, 9.17) is 9.47 Å². The molecule has 6 nitrogen and oxygen atoms in total. The number of hydrogen-bond donors (Lipinski definition) is 0.